The van der Waals surface area contributed by atoms with E-state index in [1.54, 1.807) is 36.3 Å². The van der Waals surface area contributed by atoms with Crippen molar-refractivity contribution < 1.29 is 17.9 Å². The first kappa shape index (κ1) is 24.8. The molecule has 0 unspecified atom stereocenters. The van der Waals surface area contributed by atoms with E-state index < -0.39 is 16.1 Å². The molecule has 0 bridgehead atoms. The summed E-state index contributed by atoms with van der Waals surface area (Å²) in [5.74, 6) is 0.950. The molecule has 5 N–H and O–H groups in total. The molecule has 1 saturated heterocycles. The van der Waals surface area contributed by atoms with Gasteiger partial charge in [0, 0.05) is 19.6 Å². The number of ether oxygens (including phenoxy) is 1. The molecule has 0 spiro atoms. The van der Waals surface area contributed by atoms with Gasteiger partial charge >= 0.3 is 0 Å². The van der Waals surface area contributed by atoms with Gasteiger partial charge in [-0.25, -0.2) is 8.42 Å². The second kappa shape index (κ2) is 10.8. The third-order valence-corrected chi connectivity index (χ3v) is 7.43. The molecule has 0 aliphatic carbocycles. The van der Waals surface area contributed by atoms with Gasteiger partial charge in [-0.3, -0.25) is 9.79 Å². The zero-order valence-electron chi connectivity index (χ0n) is 19.2. The van der Waals surface area contributed by atoms with E-state index in [2.05, 4.69) is 16.6 Å². The van der Waals surface area contributed by atoms with Crippen LogP contribution in [0.25, 0.3) is 10.8 Å². The average Bonchev–Trinajstić information content (AvgIpc) is 2.80. The van der Waals surface area contributed by atoms with Crippen LogP contribution in [0.3, 0.4) is 0 Å². The number of aliphatic imine (C=N–C) groups is 1. The first-order valence-corrected chi connectivity index (χ1v) is 12.6. The minimum absolute atomic E-state index is 0.0323. The SMILES string of the molecule is COc1ccc2ccc(S(=O)(=O)N[C@@H](CCCN=C(N)N)C(=O)N3CCC(C)CC3)cc2c1. The average molecular weight is 476 g/mol. The molecule has 0 saturated carbocycles. The molecule has 0 aromatic heterocycles. The molecule has 2 aromatic rings. The highest BCUT2D eigenvalue weighted by Crippen LogP contribution is 2.24. The van der Waals surface area contributed by atoms with Crippen LogP contribution in [-0.2, 0) is 14.8 Å². The Kier molecular flexibility index (Phi) is 8.15. The normalized spacial score (nSPS) is 15.9. The van der Waals surface area contributed by atoms with Crippen molar-refractivity contribution in [3.05, 3.63) is 36.4 Å². The lowest BCUT2D eigenvalue weighted by molar-refractivity contribution is -0.134. The molecule has 180 valence electrons. The largest absolute Gasteiger partial charge is 0.497 e. The monoisotopic (exact) mass is 475 g/mol. The molecular formula is C23H33N5O4S. The summed E-state index contributed by atoms with van der Waals surface area (Å²) in [5, 5.41) is 1.62. The van der Waals surface area contributed by atoms with E-state index in [1.807, 2.05) is 12.1 Å². The Bertz CT molecular complexity index is 1110. The predicted octanol–water partition coefficient (Wildman–Crippen LogP) is 1.81. The molecule has 33 heavy (non-hydrogen) atoms. The van der Waals surface area contributed by atoms with Gasteiger partial charge in [0.25, 0.3) is 0 Å². The van der Waals surface area contributed by atoms with E-state index >= 15 is 0 Å². The number of nitrogens with one attached hydrogen (secondary N) is 1. The van der Waals surface area contributed by atoms with Crippen molar-refractivity contribution in [1.29, 1.82) is 0 Å². The number of fused-ring (bicyclic) bond motifs is 1. The Morgan fingerprint density at radius 3 is 2.55 bits per heavy atom. The van der Waals surface area contributed by atoms with E-state index in [0.717, 1.165) is 23.6 Å². The number of carbonyl (C=O) groups is 1. The lowest BCUT2D eigenvalue weighted by atomic mass is 9.98. The smallest absolute Gasteiger partial charge is 0.241 e. The highest BCUT2D eigenvalue weighted by Gasteiger charge is 2.30. The molecule has 1 atom stereocenters. The van der Waals surface area contributed by atoms with Gasteiger partial charge in [0.2, 0.25) is 15.9 Å². The number of methoxy groups -OCH3 is 1. The summed E-state index contributed by atoms with van der Waals surface area (Å²) in [5.41, 5.74) is 10.8. The highest BCUT2D eigenvalue weighted by molar-refractivity contribution is 7.89. The lowest BCUT2D eigenvalue weighted by Gasteiger charge is -2.33. The van der Waals surface area contributed by atoms with E-state index in [-0.39, 0.29) is 16.8 Å². The number of guanidine groups is 1. The standard InChI is InChI=1S/C23H33N5O4S/c1-16-9-12-28(13-10-16)22(29)21(4-3-11-26-23(24)25)27-33(30,31)20-8-6-17-5-7-19(32-2)14-18(17)15-20/h5-8,14-16,21,27H,3-4,9-13H2,1-2H3,(H4,24,25,26)/t21-/m0/s1. The molecule has 1 fully saturated rings. The van der Waals surface area contributed by atoms with Gasteiger partial charge < -0.3 is 21.1 Å². The predicted molar refractivity (Wildman–Crippen MR) is 129 cm³/mol. The number of hydrogen-bond donors (Lipinski definition) is 3. The molecule has 10 heteroatoms. The Morgan fingerprint density at radius 2 is 1.88 bits per heavy atom. The fourth-order valence-corrected chi connectivity index (χ4v) is 5.20. The fourth-order valence-electron chi connectivity index (χ4n) is 3.94. The molecule has 2 aromatic carbocycles. The van der Waals surface area contributed by atoms with Crippen LogP contribution in [0.1, 0.15) is 32.6 Å². The van der Waals surface area contributed by atoms with Crippen LogP contribution in [0.2, 0.25) is 0 Å². The van der Waals surface area contributed by atoms with Gasteiger partial charge in [-0.15, -0.1) is 0 Å². The Hall–Kier alpha value is -2.85. The van der Waals surface area contributed by atoms with Crippen LogP contribution in [0.5, 0.6) is 5.75 Å². The first-order valence-electron chi connectivity index (χ1n) is 11.1. The summed E-state index contributed by atoms with van der Waals surface area (Å²) < 4.78 is 34.4. The summed E-state index contributed by atoms with van der Waals surface area (Å²) in [6.45, 7) is 3.73. The van der Waals surface area contributed by atoms with Gasteiger partial charge in [0.15, 0.2) is 5.96 Å². The number of sulfonamides is 1. The number of nitrogens with zero attached hydrogens (tertiary/aromatic N) is 2. The minimum atomic E-state index is -3.94. The van der Waals surface area contributed by atoms with E-state index in [4.69, 9.17) is 16.2 Å². The summed E-state index contributed by atoms with van der Waals surface area (Å²) in [6.07, 6.45) is 2.58. The van der Waals surface area contributed by atoms with E-state index in [0.29, 0.717) is 44.1 Å². The molecule has 1 heterocycles. The number of carbonyl (C=O) groups excluding carboxylic acids is 1. The summed E-state index contributed by atoms with van der Waals surface area (Å²) >= 11 is 0. The molecule has 1 aliphatic heterocycles. The number of piperidine rings is 1. The Labute approximate surface area is 195 Å². The van der Waals surface area contributed by atoms with Crippen molar-refractivity contribution in [2.45, 2.75) is 43.5 Å². The van der Waals surface area contributed by atoms with Gasteiger partial charge in [0.05, 0.1) is 12.0 Å². The maximum absolute atomic E-state index is 13.2. The summed E-state index contributed by atoms with van der Waals surface area (Å²) in [6, 6.07) is 9.44. The van der Waals surface area contributed by atoms with Gasteiger partial charge in [-0.2, -0.15) is 4.72 Å². The van der Waals surface area contributed by atoms with Crippen molar-refractivity contribution in [3.8, 4) is 5.75 Å². The van der Waals surface area contributed by atoms with Crippen LogP contribution in [0.15, 0.2) is 46.3 Å². The van der Waals surface area contributed by atoms with E-state index in [1.165, 1.54) is 0 Å². The molecule has 0 radical (unpaired) electrons. The van der Waals surface area contributed by atoms with Crippen LogP contribution in [0, 0.1) is 5.92 Å². The Balaban J connectivity index is 1.82. The minimum Gasteiger partial charge on any atom is -0.497 e. The number of nitrogens with two attached hydrogens (primary N) is 2. The number of benzene rings is 2. The molecule has 3 rings (SSSR count). The molecule has 1 aliphatic rings. The third-order valence-electron chi connectivity index (χ3n) is 5.97. The maximum Gasteiger partial charge on any atom is 0.241 e. The summed E-state index contributed by atoms with van der Waals surface area (Å²) in [4.78, 5) is 19.0. The zero-order valence-corrected chi connectivity index (χ0v) is 20.0. The lowest BCUT2D eigenvalue weighted by Crippen LogP contribution is -2.50. The maximum atomic E-state index is 13.2. The first-order chi connectivity index (χ1) is 15.7. The van der Waals surface area contributed by atoms with Crippen molar-refractivity contribution in [3.63, 3.8) is 0 Å². The summed E-state index contributed by atoms with van der Waals surface area (Å²) in [7, 11) is -2.38. The number of hydrogen-bond acceptors (Lipinski definition) is 5. The highest BCUT2D eigenvalue weighted by atomic mass is 32.2. The van der Waals surface area contributed by atoms with Crippen LogP contribution < -0.4 is 20.9 Å². The van der Waals surface area contributed by atoms with Crippen LogP contribution >= 0.6 is 0 Å². The van der Waals surface area contributed by atoms with Crippen molar-refractivity contribution in [1.82, 2.24) is 9.62 Å². The second-order valence-corrected chi connectivity index (χ2v) is 10.2. The number of amides is 1. The third kappa shape index (κ3) is 6.58. The van der Waals surface area contributed by atoms with Gasteiger partial charge in [-0.05, 0) is 66.6 Å². The van der Waals surface area contributed by atoms with Crippen molar-refractivity contribution >= 4 is 32.7 Å². The van der Waals surface area contributed by atoms with Crippen LogP contribution in [-0.4, -0.2) is 58.0 Å². The number of likely N-dealkylation sites (tertiary alicyclic amines) is 1. The van der Waals surface area contributed by atoms with Crippen molar-refractivity contribution in [2.24, 2.45) is 22.4 Å². The zero-order chi connectivity index (χ0) is 24.0. The van der Waals surface area contributed by atoms with Gasteiger partial charge in [0.1, 0.15) is 11.8 Å². The number of rotatable bonds is 9. The van der Waals surface area contributed by atoms with Crippen molar-refractivity contribution in [2.75, 3.05) is 26.7 Å². The van der Waals surface area contributed by atoms with Crippen LogP contribution in [0.4, 0.5) is 0 Å². The molecular weight excluding hydrogens is 442 g/mol. The topological polar surface area (TPSA) is 140 Å². The van der Waals surface area contributed by atoms with E-state index in [9.17, 15) is 13.2 Å². The van der Waals surface area contributed by atoms with Gasteiger partial charge in [-0.1, -0.05) is 19.1 Å². The molecule has 1 amide bonds. The fraction of sp³-hybridized carbons (Fsp3) is 0.478. The quantitative estimate of drug-likeness (QED) is 0.287. The molecule has 9 nitrogen and oxygen atoms in total. The second-order valence-electron chi connectivity index (χ2n) is 8.51. The Morgan fingerprint density at radius 1 is 1.18 bits per heavy atom.